The molecule has 0 aliphatic rings. The van der Waals surface area contributed by atoms with Crippen LogP contribution in [0.25, 0.3) is 10.9 Å². The van der Waals surface area contributed by atoms with Crippen molar-refractivity contribution in [3.63, 3.8) is 0 Å². The van der Waals surface area contributed by atoms with Gasteiger partial charge in [-0.1, -0.05) is 29.8 Å². The summed E-state index contributed by atoms with van der Waals surface area (Å²) in [4.78, 5) is 3.34. The molecule has 0 spiro atoms. The summed E-state index contributed by atoms with van der Waals surface area (Å²) < 4.78 is 1.16. The number of aromatic nitrogens is 1. The van der Waals surface area contributed by atoms with Gasteiger partial charge in [-0.2, -0.15) is 0 Å². The molecule has 1 aromatic heterocycles. The summed E-state index contributed by atoms with van der Waals surface area (Å²) in [6.45, 7) is 6.57. The molecule has 2 rings (SSSR count). The summed E-state index contributed by atoms with van der Waals surface area (Å²) in [5.41, 5.74) is 3.95. The average Bonchev–Trinajstić information content (AvgIpc) is 2.47. The van der Waals surface area contributed by atoms with Crippen molar-refractivity contribution in [2.75, 3.05) is 0 Å². The minimum absolute atomic E-state index is 0.567. The first kappa shape index (κ1) is 9.78. The van der Waals surface area contributed by atoms with E-state index < -0.39 is 0 Å². The zero-order valence-corrected chi connectivity index (χ0v) is 10.3. The van der Waals surface area contributed by atoms with Gasteiger partial charge in [-0.05, 0) is 36.1 Å². The highest BCUT2D eigenvalue weighted by molar-refractivity contribution is 9.10. The maximum atomic E-state index is 3.54. The Morgan fingerprint density at radius 1 is 1.29 bits per heavy atom. The van der Waals surface area contributed by atoms with Crippen LogP contribution >= 0.6 is 15.9 Å². The molecular weight excluding hydrogens is 238 g/mol. The van der Waals surface area contributed by atoms with E-state index in [0.717, 1.165) is 4.47 Å². The number of aromatic amines is 1. The van der Waals surface area contributed by atoms with Crippen LogP contribution in [-0.2, 0) is 0 Å². The maximum Gasteiger partial charge on any atom is 0.0487 e. The Labute approximate surface area is 92.6 Å². The van der Waals surface area contributed by atoms with E-state index in [1.165, 1.54) is 22.0 Å². The van der Waals surface area contributed by atoms with Gasteiger partial charge in [0.15, 0.2) is 0 Å². The van der Waals surface area contributed by atoms with Crippen LogP contribution in [0.5, 0.6) is 0 Å². The fourth-order valence-corrected chi connectivity index (χ4v) is 2.44. The van der Waals surface area contributed by atoms with Gasteiger partial charge in [0, 0.05) is 21.6 Å². The van der Waals surface area contributed by atoms with Crippen molar-refractivity contribution < 1.29 is 0 Å². The van der Waals surface area contributed by atoms with Crippen molar-refractivity contribution in [2.24, 2.45) is 0 Å². The second kappa shape index (κ2) is 3.43. The van der Waals surface area contributed by atoms with Crippen molar-refractivity contribution in [3.05, 3.63) is 33.9 Å². The number of nitrogens with one attached hydrogen (secondary N) is 1. The van der Waals surface area contributed by atoms with Gasteiger partial charge in [0.1, 0.15) is 0 Å². The molecule has 14 heavy (non-hydrogen) atoms. The van der Waals surface area contributed by atoms with Crippen molar-refractivity contribution in [1.29, 1.82) is 0 Å². The van der Waals surface area contributed by atoms with Crippen LogP contribution in [0, 0.1) is 6.92 Å². The molecule has 0 aliphatic heterocycles. The first-order valence-electron chi connectivity index (χ1n) is 4.86. The Kier molecular flexibility index (Phi) is 2.40. The molecule has 0 radical (unpaired) electrons. The smallest absolute Gasteiger partial charge is 0.0487 e. The van der Waals surface area contributed by atoms with Crippen LogP contribution in [0.3, 0.4) is 0 Å². The molecule has 0 bridgehead atoms. The Balaban J connectivity index is 2.78. The molecule has 1 N–H and O–H groups in total. The molecule has 2 heteroatoms. The molecular formula is C12H14BrN. The van der Waals surface area contributed by atoms with Gasteiger partial charge in [0.25, 0.3) is 0 Å². The van der Waals surface area contributed by atoms with E-state index in [9.17, 15) is 0 Å². The predicted octanol–water partition coefficient (Wildman–Crippen LogP) is 4.36. The number of rotatable bonds is 1. The van der Waals surface area contributed by atoms with Gasteiger partial charge in [-0.25, -0.2) is 0 Å². The number of hydrogen-bond donors (Lipinski definition) is 1. The topological polar surface area (TPSA) is 15.8 Å². The molecule has 0 fully saturated rings. The lowest BCUT2D eigenvalue weighted by Gasteiger charge is -2.03. The van der Waals surface area contributed by atoms with E-state index in [1.54, 1.807) is 0 Å². The lowest BCUT2D eigenvalue weighted by atomic mass is 10.0. The lowest BCUT2D eigenvalue weighted by molar-refractivity contribution is 0.875. The Morgan fingerprint density at radius 2 is 2.00 bits per heavy atom. The number of benzene rings is 1. The van der Waals surface area contributed by atoms with Crippen LogP contribution in [-0.4, -0.2) is 4.98 Å². The Hall–Kier alpha value is -0.760. The largest absolute Gasteiger partial charge is 0.361 e. The van der Waals surface area contributed by atoms with Crippen LogP contribution in [0.2, 0.25) is 0 Å². The maximum absolute atomic E-state index is 3.54. The minimum Gasteiger partial charge on any atom is -0.361 e. The highest BCUT2D eigenvalue weighted by atomic mass is 79.9. The standard InChI is InChI=1S/C12H14BrN/c1-7(2)11-6-14-12-8(3)4-9(13)5-10(11)12/h4-7,14H,1-3H3. The minimum atomic E-state index is 0.567. The fourth-order valence-electron chi connectivity index (χ4n) is 1.87. The van der Waals surface area contributed by atoms with Crippen LogP contribution < -0.4 is 0 Å². The molecule has 1 heterocycles. The van der Waals surface area contributed by atoms with Gasteiger partial charge in [-0.3, -0.25) is 0 Å². The lowest BCUT2D eigenvalue weighted by Crippen LogP contribution is -1.84. The van der Waals surface area contributed by atoms with E-state index in [4.69, 9.17) is 0 Å². The SMILES string of the molecule is Cc1cc(Br)cc2c(C(C)C)c[nH]c12. The van der Waals surface area contributed by atoms with Crippen molar-refractivity contribution >= 4 is 26.8 Å². The molecule has 0 atom stereocenters. The molecule has 74 valence electrons. The van der Waals surface area contributed by atoms with Crippen LogP contribution in [0.4, 0.5) is 0 Å². The first-order chi connectivity index (χ1) is 6.59. The van der Waals surface area contributed by atoms with Gasteiger partial charge in [0.05, 0.1) is 0 Å². The molecule has 0 aliphatic carbocycles. The summed E-state index contributed by atoms with van der Waals surface area (Å²) in [7, 11) is 0. The van der Waals surface area contributed by atoms with E-state index in [-0.39, 0.29) is 0 Å². The van der Waals surface area contributed by atoms with E-state index in [0.29, 0.717) is 5.92 Å². The van der Waals surface area contributed by atoms with E-state index in [1.807, 2.05) is 0 Å². The molecule has 0 unspecified atom stereocenters. The summed E-state index contributed by atoms with van der Waals surface area (Å²) in [6, 6.07) is 4.33. The van der Waals surface area contributed by atoms with Crippen LogP contribution in [0.15, 0.2) is 22.8 Å². The monoisotopic (exact) mass is 251 g/mol. The summed E-state index contributed by atoms with van der Waals surface area (Å²) in [5, 5.41) is 1.34. The number of fused-ring (bicyclic) bond motifs is 1. The number of H-pyrrole nitrogens is 1. The Morgan fingerprint density at radius 3 is 2.64 bits per heavy atom. The normalized spacial score (nSPS) is 11.5. The van der Waals surface area contributed by atoms with Gasteiger partial charge in [0.2, 0.25) is 0 Å². The molecule has 1 aromatic carbocycles. The molecule has 0 saturated carbocycles. The van der Waals surface area contributed by atoms with Crippen molar-refractivity contribution in [1.82, 2.24) is 4.98 Å². The molecule has 0 amide bonds. The van der Waals surface area contributed by atoms with E-state index >= 15 is 0 Å². The van der Waals surface area contributed by atoms with E-state index in [2.05, 4.69) is 60.0 Å². The molecule has 0 saturated heterocycles. The summed E-state index contributed by atoms with van der Waals surface area (Å²) >= 11 is 3.54. The van der Waals surface area contributed by atoms with Gasteiger partial charge < -0.3 is 4.98 Å². The van der Waals surface area contributed by atoms with Crippen LogP contribution in [0.1, 0.15) is 30.9 Å². The van der Waals surface area contributed by atoms with Gasteiger partial charge >= 0.3 is 0 Å². The highest BCUT2D eigenvalue weighted by Crippen LogP contribution is 2.29. The molecule has 2 aromatic rings. The fraction of sp³-hybridized carbons (Fsp3) is 0.333. The third-order valence-electron chi connectivity index (χ3n) is 2.61. The number of aryl methyl sites for hydroxylation is 1. The molecule has 1 nitrogen and oxygen atoms in total. The third kappa shape index (κ3) is 1.48. The second-order valence-corrected chi connectivity index (χ2v) is 4.96. The number of halogens is 1. The predicted molar refractivity (Wildman–Crippen MR) is 64.8 cm³/mol. The zero-order valence-electron chi connectivity index (χ0n) is 8.69. The summed E-state index contributed by atoms with van der Waals surface area (Å²) in [5.74, 6) is 0.567. The van der Waals surface area contributed by atoms with Crippen molar-refractivity contribution in [2.45, 2.75) is 26.7 Å². The third-order valence-corrected chi connectivity index (χ3v) is 3.06. The zero-order chi connectivity index (χ0) is 10.3. The highest BCUT2D eigenvalue weighted by Gasteiger charge is 2.09. The van der Waals surface area contributed by atoms with Crippen molar-refractivity contribution in [3.8, 4) is 0 Å². The summed E-state index contributed by atoms with van der Waals surface area (Å²) in [6.07, 6.45) is 2.12. The van der Waals surface area contributed by atoms with Gasteiger partial charge in [-0.15, -0.1) is 0 Å². The Bertz CT molecular complexity index is 468. The second-order valence-electron chi connectivity index (χ2n) is 4.04. The number of hydrogen-bond acceptors (Lipinski definition) is 0. The quantitative estimate of drug-likeness (QED) is 0.776. The first-order valence-corrected chi connectivity index (χ1v) is 5.66. The average molecular weight is 252 g/mol.